The van der Waals surface area contributed by atoms with Crippen molar-refractivity contribution in [2.24, 2.45) is 0 Å². The fourth-order valence-electron chi connectivity index (χ4n) is 9.38. The number of carbonyl (C=O) groups excluding carboxylic acids is 6. The fraction of sp³-hybridized carbons (Fsp3) is 0.420. The van der Waals surface area contributed by atoms with Crippen molar-refractivity contribution in [3.05, 3.63) is 86.7 Å². The molecule has 0 aliphatic carbocycles. The molecule has 29 heteroatoms. The van der Waals surface area contributed by atoms with Gasteiger partial charge in [-0.1, -0.05) is 13.0 Å². The highest BCUT2D eigenvalue weighted by Crippen LogP contribution is 2.43. The van der Waals surface area contributed by atoms with Crippen LogP contribution >= 0.6 is 0 Å². The Labute approximate surface area is 447 Å². The first-order chi connectivity index (χ1) is 37.5. The third-order valence-electron chi connectivity index (χ3n) is 13.8. The molecule has 6 N–H and O–H groups in total. The zero-order chi connectivity index (χ0) is 56.8. The molecule has 28 nitrogen and oxygen atoms in total. The first kappa shape index (κ1) is 55.7. The highest BCUT2D eigenvalue weighted by Gasteiger charge is 2.49. The molecule has 1 fully saturated rings. The maximum atomic E-state index is 14.1. The number of carbonyl (C=O) groups is 7. The number of likely N-dealkylation sites (N-methyl/N-ethyl adjacent to an activating group) is 1. The number of esters is 1. The minimum atomic E-state index is -3.69. The summed E-state index contributed by atoms with van der Waals surface area (Å²) in [4.78, 5) is 111. The first-order valence-corrected chi connectivity index (χ1v) is 26.4. The molecule has 79 heavy (non-hydrogen) atoms. The monoisotopic (exact) mass is 1120 g/mol. The molecule has 2 unspecified atom stereocenters. The number of carboxylic acid groups (broad SMARTS) is 1. The standard InChI is InChI=1S/C50H52N6O22S/c1-4-50(69)29-15-32-40-26(17-56(32)45(64)28(29)21-73-48(50)67)27(25-14-34-35(76-23-75-34)16-30(25)52-40)20-72-22-54(11-12-79(3,70)71)49(68)74-19-24-5-6-33(77-47-43(63)41(61)42(62)44(78-47)46(65)66)31(13-24)51-36(57)18-53(2)37(58)9-10-55-38(59)7-8-39(55)60/h5-8,13-16,41-44,47,61-63,69H,4,9-12,17-23H2,1-3H3,(H,51,57)(H,65,66)/t41-,42-,43?,44?,47+,50-/m0/s1. The van der Waals surface area contributed by atoms with Crippen LogP contribution in [0.2, 0.25) is 0 Å². The fourth-order valence-corrected chi connectivity index (χ4v) is 9.93. The van der Waals surface area contributed by atoms with Crippen LogP contribution in [0.1, 0.15) is 47.6 Å². The lowest BCUT2D eigenvalue weighted by Crippen LogP contribution is -2.61. The van der Waals surface area contributed by atoms with Crippen LogP contribution in [0.4, 0.5) is 10.5 Å². The summed E-state index contributed by atoms with van der Waals surface area (Å²) in [5, 5.41) is 55.4. The van der Waals surface area contributed by atoms with Crippen molar-refractivity contribution in [2.75, 3.05) is 57.5 Å². The Balaban J connectivity index is 0.945. The molecule has 4 aromatic rings. The molecular formula is C50H52N6O22S. The predicted octanol–water partition coefficient (Wildman–Crippen LogP) is -1.05. The average Bonchev–Trinajstić information content (AvgIpc) is 3.86. The number of hydrogen-bond donors (Lipinski definition) is 6. The topological polar surface area (TPSA) is 376 Å². The molecule has 0 saturated carbocycles. The van der Waals surface area contributed by atoms with Gasteiger partial charge in [-0.15, -0.1) is 0 Å². The Morgan fingerprint density at radius 1 is 0.937 bits per heavy atom. The number of ether oxygens (including phenoxy) is 7. The molecule has 6 atom stereocenters. The molecule has 420 valence electrons. The molecule has 1 saturated heterocycles. The summed E-state index contributed by atoms with van der Waals surface area (Å²) in [6, 6.07) is 8.61. The van der Waals surface area contributed by atoms with Crippen LogP contribution in [0.15, 0.2) is 53.3 Å². The van der Waals surface area contributed by atoms with Gasteiger partial charge in [0.1, 0.15) is 53.8 Å². The van der Waals surface area contributed by atoms with Gasteiger partial charge in [-0.05, 0) is 41.8 Å². The molecule has 7 heterocycles. The van der Waals surface area contributed by atoms with Gasteiger partial charge in [0.25, 0.3) is 17.4 Å². The summed E-state index contributed by atoms with van der Waals surface area (Å²) in [6.45, 7) is -1.59. The number of cyclic esters (lactones) is 1. The lowest BCUT2D eigenvalue weighted by Gasteiger charge is -2.38. The van der Waals surface area contributed by atoms with Crippen LogP contribution in [0, 0.1) is 0 Å². The lowest BCUT2D eigenvalue weighted by atomic mass is 9.86. The van der Waals surface area contributed by atoms with Crippen molar-refractivity contribution >= 4 is 68.1 Å². The van der Waals surface area contributed by atoms with Crippen LogP contribution in [0.3, 0.4) is 0 Å². The van der Waals surface area contributed by atoms with E-state index < -0.39 is 126 Å². The van der Waals surface area contributed by atoms with E-state index >= 15 is 0 Å². The summed E-state index contributed by atoms with van der Waals surface area (Å²) >= 11 is 0. The highest BCUT2D eigenvalue weighted by molar-refractivity contribution is 7.90. The second-order valence-electron chi connectivity index (χ2n) is 19.1. The van der Waals surface area contributed by atoms with E-state index in [-0.39, 0.29) is 74.1 Å². The number of rotatable bonds is 19. The van der Waals surface area contributed by atoms with Gasteiger partial charge in [0.15, 0.2) is 23.2 Å². The third kappa shape index (κ3) is 11.2. The number of nitrogens with zero attached hydrogens (tertiary/aromatic N) is 5. The molecule has 2 aromatic carbocycles. The number of pyridine rings is 2. The Bertz CT molecular complexity index is 3400. The average molecular weight is 1120 g/mol. The smallest absolute Gasteiger partial charge is 0.411 e. The van der Waals surface area contributed by atoms with E-state index in [0.29, 0.717) is 44.9 Å². The number of carboxylic acids is 1. The van der Waals surface area contributed by atoms with Crippen molar-refractivity contribution in [2.45, 2.75) is 82.4 Å². The zero-order valence-electron chi connectivity index (χ0n) is 42.3. The number of nitrogens with one attached hydrogen (secondary N) is 1. The van der Waals surface area contributed by atoms with E-state index in [1.165, 1.54) is 29.8 Å². The van der Waals surface area contributed by atoms with Gasteiger partial charge in [-0.2, -0.15) is 0 Å². The maximum absolute atomic E-state index is 14.1. The summed E-state index contributed by atoms with van der Waals surface area (Å²) in [5.41, 5.74) is -0.484. The number of amides is 5. The molecular weight excluding hydrogens is 1070 g/mol. The highest BCUT2D eigenvalue weighted by atomic mass is 32.2. The van der Waals surface area contributed by atoms with Gasteiger partial charge < -0.3 is 73.5 Å². The zero-order valence-corrected chi connectivity index (χ0v) is 43.1. The number of aliphatic carboxylic acids is 1. The lowest BCUT2D eigenvalue weighted by molar-refractivity contribution is -0.271. The normalized spacial score (nSPS) is 21.8. The van der Waals surface area contributed by atoms with Crippen molar-refractivity contribution in [3.8, 4) is 28.6 Å². The second kappa shape index (κ2) is 22.0. The van der Waals surface area contributed by atoms with E-state index in [0.717, 1.165) is 33.1 Å². The van der Waals surface area contributed by atoms with Gasteiger partial charge in [0.05, 0.1) is 53.6 Å². The minimum Gasteiger partial charge on any atom is -0.479 e. The molecule has 0 radical (unpaired) electrons. The quantitative estimate of drug-likeness (QED) is 0.0326. The molecule has 9 rings (SSSR count). The second-order valence-corrected chi connectivity index (χ2v) is 21.3. The van der Waals surface area contributed by atoms with E-state index in [4.69, 9.17) is 38.1 Å². The van der Waals surface area contributed by atoms with Crippen molar-refractivity contribution in [3.63, 3.8) is 0 Å². The molecule has 0 spiro atoms. The van der Waals surface area contributed by atoms with E-state index in [2.05, 4.69) is 5.32 Å². The SMILES string of the molecule is CC[C@@]1(O)C(=O)OCc2c1cc1n(c2=O)Cc2c-1nc1cc3c(cc1c2COCN(CCS(C)(=O)=O)C(=O)OCc1ccc(O[C@@H]2OC(C(=O)O)[C@@H](O)[C@H](O)C2O)c(NC(=O)CN(C)C(=O)CCN2C(=O)C=CC2=O)c1)OCO3. The van der Waals surface area contributed by atoms with Gasteiger partial charge >= 0.3 is 18.0 Å². The Morgan fingerprint density at radius 2 is 1.66 bits per heavy atom. The van der Waals surface area contributed by atoms with Gasteiger partial charge in [-0.25, -0.2) is 27.8 Å². The van der Waals surface area contributed by atoms with E-state index in [1.54, 1.807) is 25.1 Å². The minimum absolute atomic E-state index is 0.0300. The summed E-state index contributed by atoms with van der Waals surface area (Å²) in [5.74, 6) is -5.39. The summed E-state index contributed by atoms with van der Waals surface area (Å²) in [7, 11) is -2.42. The maximum Gasteiger partial charge on any atom is 0.411 e. The number of imide groups is 1. The number of benzene rings is 2. The Kier molecular flexibility index (Phi) is 15.5. The van der Waals surface area contributed by atoms with E-state index in [1.807, 2.05) is 0 Å². The van der Waals surface area contributed by atoms with Crippen molar-refractivity contribution in [1.82, 2.24) is 24.3 Å². The molecule has 0 bridgehead atoms. The number of aliphatic hydroxyl groups excluding tert-OH is 3. The number of aliphatic hydroxyl groups is 4. The van der Waals surface area contributed by atoms with Gasteiger partial charge in [0, 0.05) is 67.5 Å². The van der Waals surface area contributed by atoms with Gasteiger partial charge in [0.2, 0.25) is 24.9 Å². The van der Waals surface area contributed by atoms with E-state index in [9.17, 15) is 72.3 Å². The van der Waals surface area contributed by atoms with Crippen LogP contribution < -0.4 is 25.1 Å². The van der Waals surface area contributed by atoms with Crippen LogP contribution in [0.5, 0.6) is 17.2 Å². The van der Waals surface area contributed by atoms with Crippen LogP contribution in [0.25, 0.3) is 22.3 Å². The molecule has 5 aliphatic rings. The summed E-state index contributed by atoms with van der Waals surface area (Å²) in [6.07, 6.45) is -8.59. The summed E-state index contributed by atoms with van der Waals surface area (Å²) < 4.78 is 65.6. The Hall–Kier alpha value is -8.06. The number of fused-ring (bicyclic) bond motifs is 6. The third-order valence-corrected chi connectivity index (χ3v) is 14.7. The van der Waals surface area contributed by atoms with Crippen molar-refractivity contribution in [1.29, 1.82) is 0 Å². The van der Waals surface area contributed by atoms with Gasteiger partial charge in [-0.3, -0.25) is 33.8 Å². The first-order valence-electron chi connectivity index (χ1n) is 24.3. The Morgan fingerprint density at radius 3 is 2.35 bits per heavy atom. The van der Waals surface area contributed by atoms with Crippen molar-refractivity contribution < 1.29 is 101 Å². The largest absolute Gasteiger partial charge is 0.479 e. The number of aromatic nitrogens is 2. The molecule has 5 amide bonds. The number of hydrogen-bond acceptors (Lipinski definition) is 22. The van der Waals surface area contributed by atoms with Crippen LogP contribution in [-0.2, 0) is 89.5 Å². The molecule has 2 aromatic heterocycles. The molecule has 5 aliphatic heterocycles. The predicted molar refractivity (Wildman–Crippen MR) is 265 cm³/mol. The van der Waals surface area contributed by atoms with Crippen LogP contribution in [-0.4, -0.2) is 183 Å². The number of anilines is 1. The number of sulfone groups is 1.